The van der Waals surface area contributed by atoms with Gasteiger partial charge in [-0.1, -0.05) is 25.8 Å². The molecule has 0 radical (unpaired) electrons. The second kappa shape index (κ2) is 3.91. The van der Waals surface area contributed by atoms with Crippen LogP contribution in [-0.2, 0) is 6.42 Å². The summed E-state index contributed by atoms with van der Waals surface area (Å²) in [6.45, 7) is 2.22. The predicted octanol–water partition coefficient (Wildman–Crippen LogP) is 3.30. The van der Waals surface area contributed by atoms with E-state index in [-0.39, 0.29) is 0 Å². The van der Waals surface area contributed by atoms with Crippen LogP contribution in [0.4, 0.5) is 0 Å². The van der Waals surface area contributed by atoms with E-state index < -0.39 is 0 Å². The molecule has 0 aliphatic heterocycles. The van der Waals surface area contributed by atoms with Crippen molar-refractivity contribution in [3.63, 3.8) is 0 Å². The number of rotatable bonds is 3. The average molecular weight is 175 g/mol. The fraction of sp³-hybridized carbons (Fsp3) is 0.583. The SMILES string of the molecule is CCCc1cncc(C2CCC2)c1. The molecule has 1 aliphatic carbocycles. The molecule has 0 N–H and O–H groups in total. The van der Waals surface area contributed by atoms with Gasteiger partial charge in [0.15, 0.2) is 0 Å². The van der Waals surface area contributed by atoms with E-state index in [2.05, 4.69) is 18.0 Å². The van der Waals surface area contributed by atoms with Gasteiger partial charge < -0.3 is 0 Å². The van der Waals surface area contributed by atoms with Gasteiger partial charge in [0, 0.05) is 12.4 Å². The summed E-state index contributed by atoms with van der Waals surface area (Å²) in [5.74, 6) is 0.823. The molecule has 0 bridgehead atoms. The first-order chi connectivity index (χ1) is 6.40. The summed E-state index contributed by atoms with van der Waals surface area (Å²) in [6.07, 6.45) is 10.6. The second-order valence-electron chi connectivity index (χ2n) is 4.00. The molecule has 1 heterocycles. The zero-order valence-electron chi connectivity index (χ0n) is 8.29. The average Bonchev–Trinajstić information content (AvgIpc) is 2.02. The highest BCUT2D eigenvalue weighted by Crippen LogP contribution is 2.36. The summed E-state index contributed by atoms with van der Waals surface area (Å²) in [5.41, 5.74) is 2.88. The lowest BCUT2D eigenvalue weighted by Crippen LogP contribution is -2.09. The third-order valence-electron chi connectivity index (χ3n) is 2.93. The van der Waals surface area contributed by atoms with Gasteiger partial charge in [-0.3, -0.25) is 4.98 Å². The second-order valence-corrected chi connectivity index (χ2v) is 4.00. The van der Waals surface area contributed by atoms with E-state index in [9.17, 15) is 0 Å². The topological polar surface area (TPSA) is 12.9 Å². The molecule has 70 valence electrons. The van der Waals surface area contributed by atoms with E-state index in [1.165, 1.54) is 43.2 Å². The lowest BCUT2D eigenvalue weighted by atomic mass is 9.80. The molecule has 0 atom stereocenters. The number of aryl methyl sites for hydroxylation is 1. The van der Waals surface area contributed by atoms with Crippen molar-refractivity contribution < 1.29 is 0 Å². The zero-order valence-corrected chi connectivity index (χ0v) is 8.29. The van der Waals surface area contributed by atoms with Gasteiger partial charge in [0.2, 0.25) is 0 Å². The van der Waals surface area contributed by atoms with Gasteiger partial charge in [0.05, 0.1) is 0 Å². The first-order valence-corrected chi connectivity index (χ1v) is 5.34. The highest BCUT2D eigenvalue weighted by Gasteiger charge is 2.19. The van der Waals surface area contributed by atoms with Crippen molar-refractivity contribution in [3.05, 3.63) is 29.6 Å². The van der Waals surface area contributed by atoms with E-state index in [0.29, 0.717) is 0 Å². The Balaban J connectivity index is 2.11. The van der Waals surface area contributed by atoms with Gasteiger partial charge in [-0.15, -0.1) is 0 Å². The Morgan fingerprint density at radius 2 is 2.23 bits per heavy atom. The number of nitrogens with zero attached hydrogens (tertiary/aromatic N) is 1. The first kappa shape index (κ1) is 8.74. The molecule has 1 fully saturated rings. The molecule has 1 aromatic heterocycles. The minimum absolute atomic E-state index is 0.823. The summed E-state index contributed by atoms with van der Waals surface area (Å²) in [4.78, 5) is 4.31. The molecule has 2 rings (SSSR count). The maximum Gasteiger partial charge on any atom is 0.0302 e. The van der Waals surface area contributed by atoms with E-state index >= 15 is 0 Å². The van der Waals surface area contributed by atoms with Crippen molar-refractivity contribution >= 4 is 0 Å². The third kappa shape index (κ3) is 1.90. The van der Waals surface area contributed by atoms with Crippen molar-refractivity contribution in [3.8, 4) is 0 Å². The number of hydrogen-bond acceptors (Lipinski definition) is 1. The zero-order chi connectivity index (χ0) is 9.10. The van der Waals surface area contributed by atoms with Crippen molar-refractivity contribution in [1.29, 1.82) is 0 Å². The molecular weight excluding hydrogens is 158 g/mol. The third-order valence-corrected chi connectivity index (χ3v) is 2.93. The Hall–Kier alpha value is -0.850. The molecule has 0 amide bonds. The van der Waals surface area contributed by atoms with Crippen LogP contribution in [0, 0.1) is 0 Å². The lowest BCUT2D eigenvalue weighted by molar-refractivity contribution is 0.418. The molecular formula is C12H17N. The Kier molecular flexibility index (Phi) is 2.62. The predicted molar refractivity (Wildman–Crippen MR) is 54.8 cm³/mol. The summed E-state index contributed by atoms with van der Waals surface area (Å²) < 4.78 is 0. The molecule has 0 spiro atoms. The Morgan fingerprint density at radius 1 is 1.38 bits per heavy atom. The Morgan fingerprint density at radius 3 is 2.85 bits per heavy atom. The first-order valence-electron chi connectivity index (χ1n) is 5.34. The molecule has 0 saturated heterocycles. The highest BCUT2D eigenvalue weighted by atomic mass is 14.6. The molecule has 1 heteroatoms. The lowest BCUT2D eigenvalue weighted by Gasteiger charge is -2.25. The normalized spacial score (nSPS) is 17.0. The van der Waals surface area contributed by atoms with Crippen LogP contribution < -0.4 is 0 Å². The van der Waals surface area contributed by atoms with Crippen LogP contribution >= 0.6 is 0 Å². The van der Waals surface area contributed by atoms with Crippen LogP contribution in [-0.4, -0.2) is 4.98 Å². The van der Waals surface area contributed by atoms with Gasteiger partial charge in [-0.25, -0.2) is 0 Å². The Labute approximate surface area is 80.2 Å². The quantitative estimate of drug-likeness (QED) is 0.687. The smallest absolute Gasteiger partial charge is 0.0302 e. The number of hydrogen-bond donors (Lipinski definition) is 0. The maximum absolute atomic E-state index is 4.31. The summed E-state index contributed by atoms with van der Waals surface area (Å²) >= 11 is 0. The standard InChI is InChI=1S/C12H17N/c1-2-4-10-7-12(9-13-8-10)11-5-3-6-11/h7-9,11H,2-6H2,1H3. The monoisotopic (exact) mass is 175 g/mol. The largest absolute Gasteiger partial charge is 0.264 e. The molecule has 1 aromatic rings. The van der Waals surface area contributed by atoms with E-state index in [1.807, 2.05) is 12.4 Å². The van der Waals surface area contributed by atoms with Gasteiger partial charge in [0.1, 0.15) is 0 Å². The van der Waals surface area contributed by atoms with Gasteiger partial charge in [0.25, 0.3) is 0 Å². The number of pyridine rings is 1. The van der Waals surface area contributed by atoms with Crippen LogP contribution in [0.3, 0.4) is 0 Å². The highest BCUT2D eigenvalue weighted by molar-refractivity contribution is 5.23. The van der Waals surface area contributed by atoms with Crippen molar-refractivity contribution in [1.82, 2.24) is 4.98 Å². The molecule has 1 aliphatic rings. The van der Waals surface area contributed by atoms with Crippen LogP contribution in [0.15, 0.2) is 18.5 Å². The van der Waals surface area contributed by atoms with Crippen LogP contribution in [0.5, 0.6) is 0 Å². The molecule has 1 nitrogen and oxygen atoms in total. The van der Waals surface area contributed by atoms with Crippen molar-refractivity contribution in [2.75, 3.05) is 0 Å². The molecule has 0 unspecified atom stereocenters. The maximum atomic E-state index is 4.31. The summed E-state index contributed by atoms with van der Waals surface area (Å²) in [5, 5.41) is 0. The molecule has 13 heavy (non-hydrogen) atoms. The summed E-state index contributed by atoms with van der Waals surface area (Å²) in [7, 11) is 0. The van der Waals surface area contributed by atoms with E-state index in [0.717, 1.165) is 5.92 Å². The van der Waals surface area contributed by atoms with E-state index in [1.54, 1.807) is 0 Å². The van der Waals surface area contributed by atoms with Crippen molar-refractivity contribution in [2.24, 2.45) is 0 Å². The molecule has 1 saturated carbocycles. The fourth-order valence-electron chi connectivity index (χ4n) is 1.90. The van der Waals surface area contributed by atoms with Gasteiger partial charge in [-0.2, -0.15) is 0 Å². The van der Waals surface area contributed by atoms with Crippen LogP contribution in [0.1, 0.15) is 49.7 Å². The minimum atomic E-state index is 0.823. The fourth-order valence-corrected chi connectivity index (χ4v) is 1.90. The number of aromatic nitrogens is 1. The van der Waals surface area contributed by atoms with Crippen LogP contribution in [0.25, 0.3) is 0 Å². The van der Waals surface area contributed by atoms with Gasteiger partial charge in [-0.05, 0) is 36.3 Å². The summed E-state index contributed by atoms with van der Waals surface area (Å²) in [6, 6.07) is 2.35. The molecule has 0 aromatic carbocycles. The minimum Gasteiger partial charge on any atom is -0.264 e. The van der Waals surface area contributed by atoms with Crippen molar-refractivity contribution in [2.45, 2.75) is 44.9 Å². The van der Waals surface area contributed by atoms with Gasteiger partial charge >= 0.3 is 0 Å². The van der Waals surface area contributed by atoms with E-state index in [4.69, 9.17) is 0 Å². The van der Waals surface area contributed by atoms with Crippen LogP contribution in [0.2, 0.25) is 0 Å². The Bertz CT molecular complexity index is 276.